The fraction of sp³-hybridized carbons (Fsp3) is 0.556. The van der Waals surface area contributed by atoms with E-state index in [0.29, 0.717) is 0 Å². The van der Waals surface area contributed by atoms with Crippen molar-refractivity contribution in [3.8, 4) is 0 Å². The maximum atomic E-state index is 10.9. The van der Waals surface area contributed by atoms with Crippen LogP contribution in [0.15, 0.2) is 6.20 Å². The standard InChI is InChI=1S/C9H12N2O2/c1-11-8-4-2-3-6(9(12)13)7(8)5-10-11/h5-6H,2-4H2,1H3,(H,12,13)/t6-/m0/s1. The first-order valence-corrected chi connectivity index (χ1v) is 4.43. The van der Waals surface area contributed by atoms with Gasteiger partial charge in [0.25, 0.3) is 0 Å². The molecule has 0 fully saturated rings. The van der Waals surface area contributed by atoms with Crippen LogP contribution in [-0.2, 0) is 18.3 Å². The van der Waals surface area contributed by atoms with E-state index in [1.54, 1.807) is 10.9 Å². The van der Waals surface area contributed by atoms with E-state index < -0.39 is 5.97 Å². The predicted molar refractivity (Wildman–Crippen MR) is 46.5 cm³/mol. The average Bonchev–Trinajstić information content (AvgIpc) is 2.48. The van der Waals surface area contributed by atoms with Crippen molar-refractivity contribution in [3.63, 3.8) is 0 Å². The Kier molecular flexibility index (Phi) is 1.83. The number of carbonyl (C=O) groups is 1. The van der Waals surface area contributed by atoms with E-state index in [1.165, 1.54) is 0 Å². The summed E-state index contributed by atoms with van der Waals surface area (Å²) in [5, 5.41) is 13.0. The van der Waals surface area contributed by atoms with Gasteiger partial charge < -0.3 is 5.11 Å². The van der Waals surface area contributed by atoms with Crippen LogP contribution in [0.3, 0.4) is 0 Å². The molecule has 70 valence electrons. The molecule has 0 radical (unpaired) electrons. The number of aromatic nitrogens is 2. The Balaban J connectivity index is 2.43. The molecule has 4 nitrogen and oxygen atoms in total. The van der Waals surface area contributed by atoms with Gasteiger partial charge in [-0.2, -0.15) is 5.10 Å². The van der Waals surface area contributed by atoms with Gasteiger partial charge in [-0.25, -0.2) is 0 Å². The number of fused-ring (bicyclic) bond motifs is 1. The van der Waals surface area contributed by atoms with Gasteiger partial charge in [0.1, 0.15) is 0 Å². The molecule has 0 spiro atoms. The molecule has 1 aliphatic carbocycles. The van der Waals surface area contributed by atoms with E-state index in [9.17, 15) is 4.79 Å². The molecule has 0 aliphatic heterocycles. The van der Waals surface area contributed by atoms with Crippen LogP contribution in [0.2, 0.25) is 0 Å². The fourth-order valence-corrected chi connectivity index (χ4v) is 1.96. The molecule has 0 unspecified atom stereocenters. The highest BCUT2D eigenvalue weighted by Gasteiger charge is 2.28. The van der Waals surface area contributed by atoms with E-state index in [0.717, 1.165) is 30.5 Å². The summed E-state index contributed by atoms with van der Waals surface area (Å²) in [6, 6.07) is 0. The second-order valence-electron chi connectivity index (χ2n) is 3.45. The van der Waals surface area contributed by atoms with Gasteiger partial charge in [-0.05, 0) is 19.3 Å². The Morgan fingerprint density at radius 3 is 3.23 bits per heavy atom. The van der Waals surface area contributed by atoms with Gasteiger partial charge in [0.2, 0.25) is 0 Å². The summed E-state index contributed by atoms with van der Waals surface area (Å²) in [7, 11) is 1.86. The van der Waals surface area contributed by atoms with Crippen molar-refractivity contribution in [3.05, 3.63) is 17.5 Å². The zero-order chi connectivity index (χ0) is 9.42. The largest absolute Gasteiger partial charge is 0.481 e. The van der Waals surface area contributed by atoms with Gasteiger partial charge in [-0.1, -0.05) is 0 Å². The Morgan fingerprint density at radius 1 is 1.77 bits per heavy atom. The van der Waals surface area contributed by atoms with Crippen LogP contribution < -0.4 is 0 Å². The fourth-order valence-electron chi connectivity index (χ4n) is 1.96. The zero-order valence-electron chi connectivity index (χ0n) is 7.53. The third kappa shape index (κ3) is 1.22. The molecular formula is C9H12N2O2. The minimum absolute atomic E-state index is 0.336. The lowest BCUT2D eigenvalue weighted by molar-refractivity contribution is -0.139. The van der Waals surface area contributed by atoms with Crippen molar-refractivity contribution in [2.45, 2.75) is 25.2 Å². The topological polar surface area (TPSA) is 55.1 Å². The SMILES string of the molecule is Cn1ncc2c1CCC[C@@H]2C(=O)O. The van der Waals surface area contributed by atoms with Gasteiger partial charge in [0.15, 0.2) is 0 Å². The molecule has 1 aromatic rings. The van der Waals surface area contributed by atoms with Crippen LogP contribution in [0.4, 0.5) is 0 Å². The van der Waals surface area contributed by atoms with Crippen LogP contribution >= 0.6 is 0 Å². The second-order valence-corrected chi connectivity index (χ2v) is 3.45. The Morgan fingerprint density at radius 2 is 2.54 bits per heavy atom. The molecule has 13 heavy (non-hydrogen) atoms. The van der Waals surface area contributed by atoms with Crippen LogP contribution in [0.25, 0.3) is 0 Å². The van der Waals surface area contributed by atoms with Gasteiger partial charge in [0, 0.05) is 18.3 Å². The summed E-state index contributed by atoms with van der Waals surface area (Å²) < 4.78 is 1.78. The number of carboxylic acid groups (broad SMARTS) is 1. The molecule has 1 aromatic heterocycles. The van der Waals surface area contributed by atoms with E-state index in [4.69, 9.17) is 5.11 Å². The molecule has 0 aromatic carbocycles. The van der Waals surface area contributed by atoms with E-state index in [1.807, 2.05) is 7.05 Å². The predicted octanol–water partition coefficient (Wildman–Crippen LogP) is 0.925. The molecule has 1 N–H and O–H groups in total. The molecule has 1 aliphatic rings. The monoisotopic (exact) mass is 180 g/mol. The lowest BCUT2D eigenvalue weighted by Gasteiger charge is -2.18. The number of aliphatic carboxylic acids is 1. The molecule has 2 rings (SSSR count). The molecule has 1 atom stereocenters. The highest BCUT2D eigenvalue weighted by atomic mass is 16.4. The van der Waals surface area contributed by atoms with Crippen LogP contribution in [0.5, 0.6) is 0 Å². The van der Waals surface area contributed by atoms with Gasteiger partial charge >= 0.3 is 5.97 Å². The highest BCUT2D eigenvalue weighted by Crippen LogP contribution is 2.30. The lowest BCUT2D eigenvalue weighted by atomic mass is 9.87. The summed E-state index contributed by atoms with van der Waals surface area (Å²) in [6.07, 6.45) is 4.33. The molecular weight excluding hydrogens is 168 g/mol. The molecule has 4 heteroatoms. The molecule has 1 heterocycles. The number of hydrogen-bond acceptors (Lipinski definition) is 2. The summed E-state index contributed by atoms with van der Waals surface area (Å²) >= 11 is 0. The summed E-state index contributed by atoms with van der Waals surface area (Å²) in [4.78, 5) is 10.9. The highest BCUT2D eigenvalue weighted by molar-refractivity contribution is 5.76. The number of nitrogens with zero attached hydrogens (tertiary/aromatic N) is 2. The van der Waals surface area contributed by atoms with Crippen molar-refractivity contribution in [1.29, 1.82) is 0 Å². The van der Waals surface area contributed by atoms with Gasteiger partial charge in [-0.15, -0.1) is 0 Å². The van der Waals surface area contributed by atoms with Crippen molar-refractivity contribution >= 4 is 5.97 Å². The molecule has 0 amide bonds. The van der Waals surface area contributed by atoms with Crippen molar-refractivity contribution < 1.29 is 9.90 Å². The second kappa shape index (κ2) is 2.87. The van der Waals surface area contributed by atoms with E-state index >= 15 is 0 Å². The Labute approximate surface area is 76.2 Å². The Bertz CT molecular complexity index is 343. The summed E-state index contributed by atoms with van der Waals surface area (Å²) in [5.74, 6) is -1.06. The quantitative estimate of drug-likeness (QED) is 0.699. The van der Waals surface area contributed by atoms with E-state index in [2.05, 4.69) is 5.10 Å². The van der Waals surface area contributed by atoms with Crippen LogP contribution in [-0.4, -0.2) is 20.9 Å². The number of rotatable bonds is 1. The van der Waals surface area contributed by atoms with Crippen molar-refractivity contribution in [1.82, 2.24) is 9.78 Å². The molecule has 0 saturated carbocycles. The number of hydrogen-bond donors (Lipinski definition) is 1. The number of aryl methyl sites for hydroxylation is 1. The van der Waals surface area contributed by atoms with Crippen molar-refractivity contribution in [2.24, 2.45) is 7.05 Å². The average molecular weight is 180 g/mol. The first-order chi connectivity index (χ1) is 6.20. The lowest BCUT2D eigenvalue weighted by Crippen LogP contribution is -2.18. The van der Waals surface area contributed by atoms with Crippen LogP contribution in [0, 0.1) is 0 Å². The molecule has 0 bridgehead atoms. The number of carboxylic acids is 1. The third-order valence-corrected chi connectivity index (χ3v) is 2.67. The van der Waals surface area contributed by atoms with E-state index in [-0.39, 0.29) is 5.92 Å². The Hall–Kier alpha value is -1.32. The maximum Gasteiger partial charge on any atom is 0.311 e. The first-order valence-electron chi connectivity index (χ1n) is 4.43. The smallest absolute Gasteiger partial charge is 0.311 e. The minimum atomic E-state index is -0.728. The first kappa shape index (κ1) is 8.29. The molecule has 0 saturated heterocycles. The third-order valence-electron chi connectivity index (χ3n) is 2.67. The maximum absolute atomic E-state index is 10.9. The summed E-state index contributed by atoms with van der Waals surface area (Å²) in [6.45, 7) is 0. The normalized spacial score (nSPS) is 21.2. The minimum Gasteiger partial charge on any atom is -0.481 e. The summed E-state index contributed by atoms with van der Waals surface area (Å²) in [5.41, 5.74) is 1.99. The van der Waals surface area contributed by atoms with Crippen molar-refractivity contribution in [2.75, 3.05) is 0 Å². The van der Waals surface area contributed by atoms with Gasteiger partial charge in [0.05, 0.1) is 12.1 Å². The zero-order valence-corrected chi connectivity index (χ0v) is 7.53. The van der Waals surface area contributed by atoms with Gasteiger partial charge in [-0.3, -0.25) is 9.48 Å². The van der Waals surface area contributed by atoms with Crippen LogP contribution in [0.1, 0.15) is 30.0 Å².